The number of fused-ring (bicyclic) bond motifs is 2. The Morgan fingerprint density at radius 2 is 1.83 bits per heavy atom. The molecule has 0 amide bonds. The minimum absolute atomic E-state index is 0.0691. The number of nitrogens with zero attached hydrogens (tertiary/aromatic N) is 1. The highest BCUT2D eigenvalue weighted by molar-refractivity contribution is 6.19. The lowest BCUT2D eigenvalue weighted by molar-refractivity contribution is -0.318. The van der Waals surface area contributed by atoms with E-state index < -0.39 is 59.8 Å². The number of ketones is 2. The summed E-state index contributed by atoms with van der Waals surface area (Å²) in [6.07, 6.45) is 4.84. The second-order valence-electron chi connectivity index (χ2n) is 14.4. The number of benzene rings is 1. The van der Waals surface area contributed by atoms with Crippen LogP contribution in [0.5, 0.6) is 5.75 Å². The molecule has 1 aliphatic heterocycles. The molecule has 2 saturated carbocycles. The number of carbonyl (C=O) groups is 2. The highest BCUT2D eigenvalue weighted by Crippen LogP contribution is 2.61. The molecular weight excluding hydrogens is 604 g/mol. The summed E-state index contributed by atoms with van der Waals surface area (Å²) >= 11 is 0. The van der Waals surface area contributed by atoms with Gasteiger partial charge >= 0.3 is 0 Å². The standard InChI is InChI=1S/C36H42N2O9/c1-19-13-22-27(23(40)14-19)30(42)28-21(29(22)41)5-4-6-24(28)46-33-32(44)36(45,31(43)25(16-39)47-33)18-35(20-7-12-38-26(37)15-20)11-10-34(17-35)8-2-3-9-34/h4-7,12-15,22,25,27,31-33,39-40,43-45H,2-3,8-11,16-18H2,1H3,(H2,37,38). The molecule has 3 fully saturated rings. The number of anilines is 1. The first-order valence-electron chi connectivity index (χ1n) is 16.4. The number of pyridine rings is 1. The van der Waals surface area contributed by atoms with Crippen LogP contribution in [0.1, 0.15) is 84.6 Å². The Morgan fingerprint density at radius 3 is 2.55 bits per heavy atom. The molecule has 1 spiro atoms. The lowest BCUT2D eigenvalue weighted by atomic mass is 9.65. The van der Waals surface area contributed by atoms with Crippen molar-refractivity contribution < 1.29 is 44.6 Å². The van der Waals surface area contributed by atoms with Crippen molar-refractivity contribution in [3.63, 3.8) is 0 Å². The number of rotatable bonds is 6. The van der Waals surface area contributed by atoms with Gasteiger partial charge in [-0.25, -0.2) is 4.98 Å². The first-order chi connectivity index (χ1) is 22.4. The van der Waals surface area contributed by atoms with Crippen LogP contribution in [-0.4, -0.2) is 78.9 Å². The van der Waals surface area contributed by atoms with Crippen molar-refractivity contribution in [2.45, 2.75) is 93.9 Å². The molecule has 5 aliphatic rings. The normalized spacial score (nSPS) is 36.1. The Kier molecular flexibility index (Phi) is 7.84. The molecule has 2 heterocycles. The number of Topliss-reactive ketones (excluding diaryl/α,β-unsaturated/α-hetero) is 2. The molecule has 47 heavy (non-hydrogen) atoms. The zero-order chi connectivity index (χ0) is 33.3. The van der Waals surface area contributed by atoms with Gasteiger partial charge in [0, 0.05) is 11.8 Å². The zero-order valence-electron chi connectivity index (χ0n) is 26.3. The molecule has 7 rings (SSSR count). The van der Waals surface area contributed by atoms with Crippen molar-refractivity contribution in [2.24, 2.45) is 17.3 Å². The van der Waals surface area contributed by atoms with Crippen molar-refractivity contribution in [2.75, 3.05) is 12.3 Å². The number of nitrogens with two attached hydrogens (primary N) is 1. The van der Waals surface area contributed by atoms with E-state index in [0.29, 0.717) is 17.8 Å². The third-order valence-electron chi connectivity index (χ3n) is 11.5. The van der Waals surface area contributed by atoms with E-state index in [4.69, 9.17) is 15.2 Å². The van der Waals surface area contributed by atoms with Crippen molar-refractivity contribution in [1.29, 1.82) is 0 Å². The van der Waals surface area contributed by atoms with Crippen LogP contribution < -0.4 is 10.5 Å². The monoisotopic (exact) mass is 646 g/mol. The Balaban J connectivity index is 1.25. The minimum atomic E-state index is -2.22. The summed E-state index contributed by atoms with van der Waals surface area (Å²) in [5, 5.41) is 56.7. The van der Waals surface area contributed by atoms with E-state index in [9.17, 15) is 35.1 Å². The second kappa shape index (κ2) is 11.5. The van der Waals surface area contributed by atoms with E-state index in [1.807, 2.05) is 6.07 Å². The van der Waals surface area contributed by atoms with E-state index in [0.717, 1.165) is 44.1 Å². The van der Waals surface area contributed by atoms with Crippen LogP contribution >= 0.6 is 0 Å². The highest BCUT2D eigenvalue weighted by atomic mass is 16.7. The van der Waals surface area contributed by atoms with E-state index >= 15 is 0 Å². The van der Waals surface area contributed by atoms with E-state index in [1.54, 1.807) is 25.3 Å². The summed E-state index contributed by atoms with van der Waals surface area (Å²) in [4.78, 5) is 31.5. The van der Waals surface area contributed by atoms with Gasteiger partial charge in [0.2, 0.25) is 6.29 Å². The average molecular weight is 647 g/mol. The fourth-order valence-electron chi connectivity index (χ4n) is 9.28. The third-order valence-corrected chi connectivity index (χ3v) is 11.5. The number of ether oxygens (including phenoxy) is 2. The largest absolute Gasteiger partial charge is 0.511 e. The Morgan fingerprint density at radius 1 is 1.06 bits per heavy atom. The predicted octanol–water partition coefficient (Wildman–Crippen LogP) is 3.30. The second-order valence-corrected chi connectivity index (χ2v) is 14.4. The van der Waals surface area contributed by atoms with E-state index in [1.165, 1.54) is 24.3 Å². The number of aliphatic hydroxyl groups is 5. The first kappa shape index (κ1) is 32.0. The first-order valence-corrected chi connectivity index (χ1v) is 16.4. The smallest absolute Gasteiger partial charge is 0.229 e. The number of carbonyl (C=O) groups excluding carboxylic acids is 2. The summed E-state index contributed by atoms with van der Waals surface area (Å²) in [6, 6.07) is 8.14. The van der Waals surface area contributed by atoms with Gasteiger partial charge in [-0.2, -0.15) is 0 Å². The van der Waals surface area contributed by atoms with Crippen LogP contribution in [0, 0.1) is 17.3 Å². The number of aromatic nitrogens is 1. The van der Waals surface area contributed by atoms with Gasteiger partial charge < -0.3 is 40.7 Å². The summed E-state index contributed by atoms with van der Waals surface area (Å²) in [5.74, 6) is -2.86. The maximum atomic E-state index is 13.8. The average Bonchev–Trinajstić information content (AvgIpc) is 3.66. The van der Waals surface area contributed by atoms with Gasteiger partial charge in [-0.05, 0) is 86.1 Å². The molecule has 0 bridgehead atoms. The maximum Gasteiger partial charge on any atom is 0.229 e. The van der Waals surface area contributed by atoms with Gasteiger partial charge in [-0.3, -0.25) is 9.59 Å². The van der Waals surface area contributed by atoms with Crippen LogP contribution in [0.25, 0.3) is 0 Å². The van der Waals surface area contributed by atoms with Crippen LogP contribution in [-0.2, 0) is 10.2 Å². The molecule has 11 nitrogen and oxygen atoms in total. The summed E-state index contributed by atoms with van der Waals surface area (Å²) in [5.41, 5.74) is 4.85. The van der Waals surface area contributed by atoms with E-state index in [2.05, 4.69) is 4.98 Å². The molecular formula is C36H42N2O9. The minimum Gasteiger partial charge on any atom is -0.511 e. The number of nitrogen functional groups attached to an aromatic ring is 1. The van der Waals surface area contributed by atoms with Crippen LogP contribution in [0.2, 0.25) is 0 Å². The van der Waals surface area contributed by atoms with Gasteiger partial charge in [0.25, 0.3) is 0 Å². The molecule has 250 valence electrons. The molecule has 7 N–H and O–H groups in total. The van der Waals surface area contributed by atoms with Crippen LogP contribution in [0.3, 0.4) is 0 Å². The number of hydrogen-bond donors (Lipinski definition) is 6. The molecule has 2 aromatic rings. The Labute approximate surface area is 272 Å². The predicted molar refractivity (Wildman–Crippen MR) is 170 cm³/mol. The Bertz CT molecular complexity index is 1670. The quantitative estimate of drug-likeness (QED) is 0.270. The maximum absolute atomic E-state index is 13.8. The van der Waals surface area contributed by atoms with Gasteiger partial charge in [-0.1, -0.05) is 36.6 Å². The fraction of sp³-hybridized carbons (Fsp3) is 0.528. The highest BCUT2D eigenvalue weighted by Gasteiger charge is 2.61. The van der Waals surface area contributed by atoms with Gasteiger partial charge in [0.1, 0.15) is 41.2 Å². The zero-order valence-corrected chi connectivity index (χ0v) is 26.3. The molecule has 1 aromatic carbocycles. The molecule has 0 radical (unpaired) electrons. The van der Waals surface area contributed by atoms with Crippen molar-refractivity contribution >= 4 is 17.4 Å². The van der Waals surface area contributed by atoms with Crippen molar-refractivity contribution in [1.82, 2.24) is 4.98 Å². The third kappa shape index (κ3) is 5.10. The van der Waals surface area contributed by atoms with Crippen LogP contribution in [0.15, 0.2) is 60.0 Å². The molecule has 8 atom stereocenters. The fourth-order valence-corrected chi connectivity index (χ4v) is 9.28. The van der Waals surface area contributed by atoms with Gasteiger partial charge in [-0.15, -0.1) is 0 Å². The topological polar surface area (TPSA) is 193 Å². The Hall–Kier alpha value is -3.61. The SMILES string of the molecule is CC1=CC2C(=O)c3cccc(OC4OC(CO)C(O)C(O)(CC5(c6ccnc(N)c6)CCC6(CCCC6)C5)C4O)c3C(=O)C2C(O)=C1. The van der Waals surface area contributed by atoms with Gasteiger partial charge in [0.15, 0.2) is 11.6 Å². The summed E-state index contributed by atoms with van der Waals surface area (Å²) in [7, 11) is 0. The molecule has 11 heteroatoms. The molecule has 4 aliphatic carbocycles. The van der Waals surface area contributed by atoms with Crippen molar-refractivity contribution in [3.05, 3.63) is 76.7 Å². The lowest BCUT2D eigenvalue weighted by Gasteiger charge is -2.51. The number of aliphatic hydroxyl groups excluding tert-OH is 4. The number of hydrogen-bond acceptors (Lipinski definition) is 11. The summed E-state index contributed by atoms with van der Waals surface area (Å²) < 4.78 is 12.0. The molecule has 8 unspecified atom stereocenters. The molecule has 1 saturated heterocycles. The molecule has 1 aromatic heterocycles. The lowest BCUT2D eigenvalue weighted by Crippen LogP contribution is -2.69. The van der Waals surface area contributed by atoms with Gasteiger partial charge in [0.05, 0.1) is 24.0 Å². The van der Waals surface area contributed by atoms with Crippen LogP contribution in [0.4, 0.5) is 5.82 Å². The van der Waals surface area contributed by atoms with E-state index in [-0.39, 0.29) is 40.3 Å². The van der Waals surface area contributed by atoms with Crippen molar-refractivity contribution in [3.8, 4) is 5.75 Å². The number of allylic oxidation sites excluding steroid dienone is 4. The summed E-state index contributed by atoms with van der Waals surface area (Å²) in [6.45, 7) is 1.05.